The highest BCUT2D eigenvalue weighted by atomic mass is 16.5. The molecule has 0 radical (unpaired) electrons. The molecule has 0 saturated heterocycles. The summed E-state index contributed by atoms with van der Waals surface area (Å²) in [5.74, 6) is 0. The molecule has 45 heavy (non-hydrogen) atoms. The zero-order chi connectivity index (χ0) is 33.7. The van der Waals surface area contributed by atoms with Gasteiger partial charge in [0.15, 0.2) is 0 Å². The molecule has 0 fully saturated rings. The zero-order valence-corrected chi connectivity index (χ0v) is 30.0. The van der Waals surface area contributed by atoms with Gasteiger partial charge in [0.05, 0.1) is 0 Å². The van der Waals surface area contributed by atoms with Crippen molar-refractivity contribution in [3.63, 3.8) is 0 Å². The Kier molecular flexibility index (Phi) is 30.7. The summed E-state index contributed by atoms with van der Waals surface area (Å²) in [4.78, 5) is 0. The molecule has 272 valence electrons. The summed E-state index contributed by atoms with van der Waals surface area (Å²) in [6.45, 7) is 6.02. The predicted molar refractivity (Wildman–Crippen MR) is 197 cm³/mol. The molecule has 0 spiro atoms. The molecule has 0 rings (SSSR count). The fourth-order valence-corrected chi connectivity index (χ4v) is 6.08. The Labute approximate surface area is 279 Å². The van der Waals surface area contributed by atoms with Gasteiger partial charge >= 0.3 is 0 Å². The van der Waals surface area contributed by atoms with Crippen LogP contribution in [0.2, 0.25) is 0 Å². The van der Waals surface area contributed by atoms with Crippen LogP contribution in [-0.4, -0.2) is 61.5 Å². The van der Waals surface area contributed by atoms with Crippen LogP contribution in [0.4, 0.5) is 0 Å². The average molecular weight is 643 g/mol. The van der Waals surface area contributed by atoms with E-state index in [0.717, 1.165) is 129 Å². The third kappa shape index (κ3) is 28.4. The Morgan fingerprint density at radius 1 is 0.333 bits per heavy atom. The standard InChI is InChI=1S/C36H82N8O/c1-3-29(37)19-13-15-21-31(39)27-35(43)33(41)23-11-7-5-9-17-25-45-26-18-10-6-8-12-24-34(42)36(44)28-32(40)22-16-14-20-30(38)4-2/h29-36H,3-28,37-44H2,1-2H3. The first kappa shape index (κ1) is 44.6. The lowest BCUT2D eigenvalue weighted by atomic mass is 9.94. The third-order valence-corrected chi connectivity index (χ3v) is 9.75. The second-order valence-corrected chi connectivity index (χ2v) is 14.3. The van der Waals surface area contributed by atoms with Crippen LogP contribution < -0.4 is 45.9 Å². The van der Waals surface area contributed by atoms with E-state index in [1.807, 2.05) is 0 Å². The predicted octanol–water partition coefficient (Wildman–Crippen LogP) is 5.02. The van der Waals surface area contributed by atoms with E-state index in [0.29, 0.717) is 12.1 Å². The van der Waals surface area contributed by atoms with Gasteiger partial charge in [-0.2, -0.15) is 0 Å². The number of ether oxygens (including phenoxy) is 1. The van der Waals surface area contributed by atoms with Crippen LogP contribution in [0.5, 0.6) is 0 Å². The van der Waals surface area contributed by atoms with Crippen molar-refractivity contribution in [3.05, 3.63) is 0 Å². The van der Waals surface area contributed by atoms with Crippen LogP contribution in [0.3, 0.4) is 0 Å². The minimum Gasteiger partial charge on any atom is -0.381 e. The van der Waals surface area contributed by atoms with Crippen molar-refractivity contribution < 1.29 is 4.74 Å². The van der Waals surface area contributed by atoms with Crippen molar-refractivity contribution in [2.45, 2.75) is 216 Å². The largest absolute Gasteiger partial charge is 0.381 e. The van der Waals surface area contributed by atoms with Gasteiger partial charge in [-0.25, -0.2) is 0 Å². The maximum Gasteiger partial charge on any atom is 0.0466 e. The summed E-state index contributed by atoms with van der Waals surface area (Å²) in [5.41, 5.74) is 50.0. The first-order valence-corrected chi connectivity index (χ1v) is 19.2. The highest BCUT2D eigenvalue weighted by Crippen LogP contribution is 2.15. The Hall–Kier alpha value is -0.360. The fourth-order valence-electron chi connectivity index (χ4n) is 6.08. The second-order valence-electron chi connectivity index (χ2n) is 14.3. The molecule has 8 unspecified atom stereocenters. The van der Waals surface area contributed by atoms with E-state index < -0.39 is 0 Å². The molecule has 0 aliphatic carbocycles. The lowest BCUT2D eigenvalue weighted by Crippen LogP contribution is -2.45. The van der Waals surface area contributed by atoms with Gasteiger partial charge in [0.2, 0.25) is 0 Å². The molecular formula is C36H82N8O. The molecule has 0 amide bonds. The highest BCUT2D eigenvalue weighted by molar-refractivity contribution is 4.81. The van der Waals surface area contributed by atoms with Crippen molar-refractivity contribution in [1.29, 1.82) is 0 Å². The average Bonchev–Trinajstić information content (AvgIpc) is 3.02. The van der Waals surface area contributed by atoms with Gasteiger partial charge in [0.1, 0.15) is 0 Å². The summed E-state index contributed by atoms with van der Waals surface area (Å²) in [7, 11) is 0. The van der Waals surface area contributed by atoms with Crippen molar-refractivity contribution in [2.75, 3.05) is 13.2 Å². The fraction of sp³-hybridized carbons (Fsp3) is 1.00. The van der Waals surface area contributed by atoms with E-state index in [4.69, 9.17) is 50.6 Å². The quantitative estimate of drug-likeness (QED) is 0.0441. The summed E-state index contributed by atoms with van der Waals surface area (Å²) in [5, 5.41) is 0. The zero-order valence-electron chi connectivity index (χ0n) is 30.0. The third-order valence-electron chi connectivity index (χ3n) is 9.75. The van der Waals surface area contributed by atoms with Crippen LogP contribution >= 0.6 is 0 Å². The van der Waals surface area contributed by atoms with Crippen molar-refractivity contribution in [1.82, 2.24) is 0 Å². The SMILES string of the molecule is CCC(N)CCCCC(N)CC(N)C(N)CCCCCCCOCCCCCCCC(N)C(N)CC(N)CCCCC(N)CC. The number of nitrogens with two attached hydrogens (primary N) is 8. The minimum absolute atomic E-state index is 0.00696. The van der Waals surface area contributed by atoms with Crippen LogP contribution in [0.25, 0.3) is 0 Å². The van der Waals surface area contributed by atoms with Gasteiger partial charge in [0.25, 0.3) is 0 Å². The Bertz CT molecular complexity index is 566. The van der Waals surface area contributed by atoms with Gasteiger partial charge in [0, 0.05) is 61.5 Å². The molecule has 9 nitrogen and oxygen atoms in total. The lowest BCUT2D eigenvalue weighted by Gasteiger charge is -2.23. The number of unbranched alkanes of at least 4 members (excludes halogenated alkanes) is 10. The van der Waals surface area contributed by atoms with E-state index in [1.54, 1.807) is 0 Å². The Balaban J connectivity index is 3.54. The molecule has 0 aromatic carbocycles. The monoisotopic (exact) mass is 643 g/mol. The normalized spacial score (nSPS) is 17.5. The molecule has 0 saturated carbocycles. The topological polar surface area (TPSA) is 217 Å². The van der Waals surface area contributed by atoms with Gasteiger partial charge in [-0.15, -0.1) is 0 Å². The van der Waals surface area contributed by atoms with Crippen molar-refractivity contribution >= 4 is 0 Å². The van der Waals surface area contributed by atoms with E-state index in [2.05, 4.69) is 13.8 Å². The van der Waals surface area contributed by atoms with Gasteiger partial charge < -0.3 is 50.6 Å². The van der Waals surface area contributed by atoms with Gasteiger partial charge in [-0.3, -0.25) is 0 Å². The maximum atomic E-state index is 6.36. The minimum atomic E-state index is -0.00696. The number of rotatable bonds is 34. The molecule has 0 aliphatic rings. The van der Waals surface area contributed by atoms with Crippen molar-refractivity contribution in [3.8, 4) is 0 Å². The Morgan fingerprint density at radius 2 is 0.622 bits per heavy atom. The van der Waals surface area contributed by atoms with E-state index in [9.17, 15) is 0 Å². The molecule has 0 bridgehead atoms. The molecule has 0 aromatic rings. The van der Waals surface area contributed by atoms with Crippen LogP contribution in [0.15, 0.2) is 0 Å². The first-order chi connectivity index (χ1) is 21.6. The highest BCUT2D eigenvalue weighted by Gasteiger charge is 2.18. The van der Waals surface area contributed by atoms with E-state index in [-0.39, 0.29) is 36.3 Å². The van der Waals surface area contributed by atoms with Crippen LogP contribution in [0.1, 0.15) is 168 Å². The molecule has 0 heterocycles. The molecule has 9 heteroatoms. The summed E-state index contributed by atoms with van der Waals surface area (Å²) >= 11 is 0. The molecule has 16 N–H and O–H groups in total. The lowest BCUT2D eigenvalue weighted by molar-refractivity contribution is 0.125. The maximum absolute atomic E-state index is 6.36. The Morgan fingerprint density at radius 3 is 0.978 bits per heavy atom. The molecule has 0 aromatic heterocycles. The summed E-state index contributed by atoms with van der Waals surface area (Å²) in [6.07, 6.45) is 26.3. The van der Waals surface area contributed by atoms with Crippen molar-refractivity contribution in [2.24, 2.45) is 45.9 Å². The van der Waals surface area contributed by atoms with Crippen LogP contribution in [0, 0.1) is 0 Å². The van der Waals surface area contributed by atoms with Crippen LogP contribution in [-0.2, 0) is 4.74 Å². The van der Waals surface area contributed by atoms with E-state index >= 15 is 0 Å². The first-order valence-electron chi connectivity index (χ1n) is 19.2. The molecule has 0 aliphatic heterocycles. The van der Waals surface area contributed by atoms with Gasteiger partial charge in [-0.05, 0) is 77.0 Å². The smallest absolute Gasteiger partial charge is 0.0466 e. The second kappa shape index (κ2) is 30.9. The van der Waals surface area contributed by atoms with Gasteiger partial charge in [-0.1, -0.05) is 90.9 Å². The molecule has 8 atom stereocenters. The summed E-state index contributed by atoms with van der Waals surface area (Å²) < 4.78 is 5.86. The molecular weight excluding hydrogens is 560 g/mol. The van der Waals surface area contributed by atoms with E-state index in [1.165, 1.54) is 38.5 Å². The number of hydrogen-bond acceptors (Lipinski definition) is 9. The summed E-state index contributed by atoms with van der Waals surface area (Å²) in [6, 6.07) is 1.01. The number of hydrogen-bond donors (Lipinski definition) is 8.